The molecule has 0 aliphatic heterocycles. The molecule has 0 bridgehead atoms. The first-order valence-corrected chi connectivity index (χ1v) is 10.0. The Hall–Kier alpha value is -2.83. The van der Waals surface area contributed by atoms with Crippen LogP contribution in [0, 0.1) is 0 Å². The quantitative estimate of drug-likeness (QED) is 0.330. The smallest absolute Gasteiger partial charge is 0.0406 e. The molecule has 0 heterocycles. The zero-order valence-electron chi connectivity index (χ0n) is 16.0. The van der Waals surface area contributed by atoms with Gasteiger partial charge in [-0.1, -0.05) is 98.2 Å². The van der Waals surface area contributed by atoms with E-state index in [4.69, 9.17) is 11.6 Å². The number of benzene rings is 4. The molecule has 5 rings (SSSR count). The minimum absolute atomic E-state index is 0.00597. The highest BCUT2D eigenvalue weighted by molar-refractivity contribution is 6.30. The highest BCUT2D eigenvalue weighted by Gasteiger charge is 2.36. The van der Waals surface area contributed by atoms with Gasteiger partial charge in [-0.25, -0.2) is 0 Å². The Bertz CT molecular complexity index is 1170. The van der Waals surface area contributed by atoms with Crippen molar-refractivity contribution < 1.29 is 0 Å². The molecular weight excluding hydrogens is 360 g/mol. The molecule has 0 N–H and O–H groups in total. The predicted octanol–water partition coefficient (Wildman–Crippen LogP) is 7.98. The zero-order valence-corrected chi connectivity index (χ0v) is 16.8. The molecule has 136 valence electrons. The molecule has 0 fully saturated rings. The first kappa shape index (κ1) is 17.3. The third-order valence-corrected chi connectivity index (χ3v) is 6.21. The van der Waals surface area contributed by atoms with E-state index in [1.54, 1.807) is 0 Å². The molecule has 28 heavy (non-hydrogen) atoms. The summed E-state index contributed by atoms with van der Waals surface area (Å²) in [5, 5.41) is 0.766. The van der Waals surface area contributed by atoms with Crippen LogP contribution in [0.25, 0.3) is 33.4 Å². The molecule has 0 saturated heterocycles. The van der Waals surface area contributed by atoms with Gasteiger partial charge in [-0.2, -0.15) is 0 Å². The maximum Gasteiger partial charge on any atom is 0.0406 e. The first-order chi connectivity index (χ1) is 13.6. The summed E-state index contributed by atoms with van der Waals surface area (Å²) in [7, 11) is 0. The van der Waals surface area contributed by atoms with E-state index in [1.165, 1.54) is 44.5 Å². The molecule has 0 saturated carbocycles. The van der Waals surface area contributed by atoms with Crippen LogP contribution in [0.2, 0.25) is 5.02 Å². The largest absolute Gasteiger partial charge is 0.0843 e. The van der Waals surface area contributed by atoms with E-state index in [0.717, 1.165) is 5.02 Å². The van der Waals surface area contributed by atoms with Crippen molar-refractivity contribution in [3.8, 4) is 33.4 Å². The lowest BCUT2D eigenvalue weighted by Gasteiger charge is -2.21. The highest BCUT2D eigenvalue weighted by atomic mass is 35.5. The number of hydrogen-bond donors (Lipinski definition) is 0. The number of rotatable bonds is 2. The van der Waals surface area contributed by atoms with Gasteiger partial charge in [0.2, 0.25) is 0 Å². The molecule has 0 aromatic heterocycles. The van der Waals surface area contributed by atoms with Crippen LogP contribution in [0.1, 0.15) is 25.0 Å². The monoisotopic (exact) mass is 380 g/mol. The third kappa shape index (κ3) is 2.60. The van der Waals surface area contributed by atoms with Crippen molar-refractivity contribution >= 4 is 11.6 Å². The van der Waals surface area contributed by atoms with E-state index in [9.17, 15) is 0 Å². The second-order valence-electron chi connectivity index (χ2n) is 7.99. The van der Waals surface area contributed by atoms with Crippen LogP contribution in [0.15, 0.2) is 91.0 Å². The topological polar surface area (TPSA) is 0 Å². The highest BCUT2D eigenvalue weighted by Crippen LogP contribution is 2.52. The number of hydrogen-bond acceptors (Lipinski definition) is 0. The van der Waals surface area contributed by atoms with E-state index in [-0.39, 0.29) is 5.41 Å². The normalized spacial score (nSPS) is 13.8. The van der Waals surface area contributed by atoms with E-state index in [0.29, 0.717) is 0 Å². The van der Waals surface area contributed by atoms with E-state index in [1.807, 2.05) is 12.1 Å². The van der Waals surface area contributed by atoms with Crippen LogP contribution in [0.3, 0.4) is 0 Å². The Morgan fingerprint density at radius 1 is 0.571 bits per heavy atom. The van der Waals surface area contributed by atoms with Gasteiger partial charge in [0.25, 0.3) is 0 Å². The summed E-state index contributed by atoms with van der Waals surface area (Å²) in [5.74, 6) is 0. The van der Waals surface area contributed by atoms with Gasteiger partial charge >= 0.3 is 0 Å². The van der Waals surface area contributed by atoms with Gasteiger partial charge in [0, 0.05) is 10.4 Å². The van der Waals surface area contributed by atoms with Crippen LogP contribution in [0.5, 0.6) is 0 Å². The maximum atomic E-state index is 6.09. The van der Waals surface area contributed by atoms with Gasteiger partial charge in [-0.15, -0.1) is 0 Å². The molecule has 1 aliphatic carbocycles. The van der Waals surface area contributed by atoms with Crippen LogP contribution in [-0.4, -0.2) is 0 Å². The Kier molecular flexibility index (Phi) is 3.92. The minimum atomic E-state index is -0.00597. The molecule has 0 amide bonds. The van der Waals surface area contributed by atoms with Gasteiger partial charge in [0.15, 0.2) is 0 Å². The molecule has 0 radical (unpaired) electrons. The van der Waals surface area contributed by atoms with Crippen molar-refractivity contribution in [1.82, 2.24) is 0 Å². The Balaban J connectivity index is 1.77. The summed E-state index contributed by atoms with van der Waals surface area (Å²) in [5.41, 5.74) is 10.5. The Morgan fingerprint density at radius 2 is 1.29 bits per heavy atom. The van der Waals surface area contributed by atoms with Crippen molar-refractivity contribution in [3.63, 3.8) is 0 Å². The van der Waals surface area contributed by atoms with Crippen molar-refractivity contribution in [1.29, 1.82) is 0 Å². The Labute approximate surface area is 171 Å². The van der Waals surface area contributed by atoms with Crippen LogP contribution >= 0.6 is 11.6 Å². The zero-order chi connectivity index (χ0) is 19.3. The van der Waals surface area contributed by atoms with Crippen LogP contribution in [0.4, 0.5) is 0 Å². The average molecular weight is 381 g/mol. The number of halogens is 1. The molecular formula is C27H21Cl. The van der Waals surface area contributed by atoms with E-state index < -0.39 is 0 Å². The molecule has 1 heteroatoms. The summed E-state index contributed by atoms with van der Waals surface area (Å²) < 4.78 is 0. The van der Waals surface area contributed by atoms with E-state index >= 15 is 0 Å². The molecule has 0 unspecified atom stereocenters. The maximum absolute atomic E-state index is 6.09. The molecule has 0 atom stereocenters. The summed E-state index contributed by atoms with van der Waals surface area (Å²) in [6, 6.07) is 32.4. The van der Waals surface area contributed by atoms with Crippen LogP contribution in [-0.2, 0) is 5.41 Å². The Morgan fingerprint density at radius 3 is 2.04 bits per heavy atom. The van der Waals surface area contributed by atoms with Gasteiger partial charge in [-0.3, -0.25) is 0 Å². The SMILES string of the molecule is CC1(C)c2ccc(-c3ccc(Cl)cc3)cc2-c2c(-c3ccccc3)cccc21. The minimum Gasteiger partial charge on any atom is -0.0843 e. The van der Waals surface area contributed by atoms with Gasteiger partial charge in [0.05, 0.1) is 0 Å². The summed E-state index contributed by atoms with van der Waals surface area (Å²) in [6.07, 6.45) is 0. The molecule has 4 aromatic rings. The lowest BCUT2D eigenvalue weighted by atomic mass is 9.81. The second-order valence-corrected chi connectivity index (χ2v) is 8.42. The lowest BCUT2D eigenvalue weighted by molar-refractivity contribution is 0.660. The van der Waals surface area contributed by atoms with Crippen molar-refractivity contribution in [2.75, 3.05) is 0 Å². The summed E-state index contributed by atoms with van der Waals surface area (Å²) in [4.78, 5) is 0. The average Bonchev–Trinajstić information content (AvgIpc) is 2.96. The third-order valence-electron chi connectivity index (χ3n) is 5.96. The predicted molar refractivity (Wildman–Crippen MR) is 120 cm³/mol. The van der Waals surface area contributed by atoms with Gasteiger partial charge < -0.3 is 0 Å². The van der Waals surface area contributed by atoms with Gasteiger partial charge in [-0.05, 0) is 62.7 Å². The van der Waals surface area contributed by atoms with E-state index in [2.05, 4.69) is 92.7 Å². The van der Waals surface area contributed by atoms with Crippen molar-refractivity contribution in [3.05, 3.63) is 107 Å². The van der Waals surface area contributed by atoms with Gasteiger partial charge in [0.1, 0.15) is 0 Å². The molecule has 0 nitrogen and oxygen atoms in total. The summed E-state index contributed by atoms with van der Waals surface area (Å²) in [6.45, 7) is 4.66. The number of fused-ring (bicyclic) bond motifs is 3. The van der Waals surface area contributed by atoms with Crippen LogP contribution < -0.4 is 0 Å². The molecule has 1 aliphatic rings. The first-order valence-electron chi connectivity index (χ1n) is 9.65. The standard InChI is InChI=1S/C27H21Cl/c1-27(2)24-16-13-20(18-11-14-21(28)15-12-18)17-23(24)26-22(9-6-10-25(26)27)19-7-4-3-5-8-19/h3-17H,1-2H3. The van der Waals surface area contributed by atoms with Crippen molar-refractivity contribution in [2.45, 2.75) is 19.3 Å². The molecule has 0 spiro atoms. The second kappa shape index (κ2) is 6.36. The van der Waals surface area contributed by atoms with Crippen molar-refractivity contribution in [2.24, 2.45) is 0 Å². The lowest BCUT2D eigenvalue weighted by Crippen LogP contribution is -2.14. The fourth-order valence-corrected chi connectivity index (χ4v) is 4.61. The fraction of sp³-hybridized carbons (Fsp3) is 0.111. The summed E-state index contributed by atoms with van der Waals surface area (Å²) >= 11 is 6.09. The fourth-order valence-electron chi connectivity index (χ4n) is 4.48. The molecule has 4 aromatic carbocycles.